The summed E-state index contributed by atoms with van der Waals surface area (Å²) in [5, 5.41) is 11.7. The third kappa shape index (κ3) is 2.63. The molecule has 0 aliphatic carbocycles. The van der Waals surface area contributed by atoms with Gasteiger partial charge in [0.25, 0.3) is 0 Å². The standard InChI is InChI=1S/C21H25NO/c1-12-7-8-18-16(9-12)14(3)19(22-18)15-10-13(2)20(23)17(11-15)21(4,5)6/h7-11,22-23H,1-6H3. The van der Waals surface area contributed by atoms with Crippen LogP contribution in [0.3, 0.4) is 0 Å². The lowest BCUT2D eigenvalue weighted by Crippen LogP contribution is -2.12. The van der Waals surface area contributed by atoms with Crippen LogP contribution in [-0.4, -0.2) is 10.1 Å². The Labute approximate surface area is 138 Å². The van der Waals surface area contributed by atoms with Crippen molar-refractivity contribution in [3.05, 3.63) is 52.6 Å². The molecule has 0 fully saturated rings. The molecule has 2 N–H and O–H groups in total. The molecule has 0 spiro atoms. The second-order valence-corrected chi connectivity index (χ2v) is 7.61. The lowest BCUT2D eigenvalue weighted by molar-refractivity contribution is 0.443. The number of phenols is 1. The molecule has 0 radical (unpaired) electrons. The number of aromatic nitrogens is 1. The maximum Gasteiger partial charge on any atom is 0.122 e. The Morgan fingerprint density at radius 1 is 0.957 bits per heavy atom. The Morgan fingerprint density at radius 2 is 1.65 bits per heavy atom. The first-order chi connectivity index (χ1) is 10.7. The van der Waals surface area contributed by atoms with E-state index in [0.29, 0.717) is 5.75 Å². The van der Waals surface area contributed by atoms with Gasteiger partial charge in [-0.2, -0.15) is 0 Å². The van der Waals surface area contributed by atoms with Gasteiger partial charge in [0.05, 0.1) is 0 Å². The first kappa shape index (κ1) is 15.7. The summed E-state index contributed by atoms with van der Waals surface area (Å²) in [6.07, 6.45) is 0. The third-order valence-corrected chi connectivity index (χ3v) is 4.61. The summed E-state index contributed by atoms with van der Waals surface area (Å²) in [4.78, 5) is 3.55. The summed E-state index contributed by atoms with van der Waals surface area (Å²) in [6, 6.07) is 10.7. The molecule has 0 aliphatic heterocycles. The third-order valence-electron chi connectivity index (χ3n) is 4.61. The monoisotopic (exact) mass is 307 g/mol. The highest BCUT2D eigenvalue weighted by Crippen LogP contribution is 2.38. The highest BCUT2D eigenvalue weighted by Gasteiger charge is 2.21. The molecule has 1 heterocycles. The van der Waals surface area contributed by atoms with Gasteiger partial charge in [-0.05, 0) is 67.1 Å². The summed E-state index contributed by atoms with van der Waals surface area (Å²) >= 11 is 0. The zero-order valence-electron chi connectivity index (χ0n) is 14.8. The number of rotatable bonds is 1. The lowest BCUT2D eigenvalue weighted by atomic mass is 9.83. The zero-order chi connectivity index (χ0) is 16.9. The predicted octanol–water partition coefficient (Wildman–Crippen LogP) is 5.76. The van der Waals surface area contributed by atoms with Gasteiger partial charge in [-0.15, -0.1) is 0 Å². The largest absolute Gasteiger partial charge is 0.507 e. The Kier molecular flexibility index (Phi) is 3.51. The Hall–Kier alpha value is -2.22. The fourth-order valence-corrected chi connectivity index (χ4v) is 3.22. The van der Waals surface area contributed by atoms with Crippen LogP contribution in [0.4, 0.5) is 0 Å². The van der Waals surface area contributed by atoms with Crippen LogP contribution < -0.4 is 0 Å². The van der Waals surface area contributed by atoms with Gasteiger partial charge in [0, 0.05) is 22.2 Å². The molecule has 0 saturated heterocycles. The summed E-state index contributed by atoms with van der Waals surface area (Å²) in [5.74, 6) is 0.408. The van der Waals surface area contributed by atoms with Gasteiger partial charge in [0.2, 0.25) is 0 Å². The van der Waals surface area contributed by atoms with Crippen LogP contribution in [0.2, 0.25) is 0 Å². The summed E-state index contributed by atoms with van der Waals surface area (Å²) in [7, 11) is 0. The summed E-state index contributed by atoms with van der Waals surface area (Å²) in [5.41, 5.74) is 7.77. The number of aromatic amines is 1. The molecule has 0 aliphatic rings. The van der Waals surface area contributed by atoms with Crippen molar-refractivity contribution in [3.8, 4) is 17.0 Å². The average molecular weight is 307 g/mol. The maximum absolute atomic E-state index is 10.4. The molecular formula is C21H25NO. The van der Waals surface area contributed by atoms with E-state index in [1.165, 1.54) is 16.5 Å². The van der Waals surface area contributed by atoms with Crippen molar-refractivity contribution in [1.82, 2.24) is 4.98 Å². The van der Waals surface area contributed by atoms with Crippen LogP contribution in [0.15, 0.2) is 30.3 Å². The first-order valence-electron chi connectivity index (χ1n) is 8.12. The van der Waals surface area contributed by atoms with E-state index in [9.17, 15) is 5.11 Å². The molecular weight excluding hydrogens is 282 g/mol. The number of aromatic hydroxyl groups is 1. The van der Waals surface area contributed by atoms with E-state index in [0.717, 1.165) is 27.9 Å². The molecule has 2 nitrogen and oxygen atoms in total. The molecule has 0 atom stereocenters. The number of fused-ring (bicyclic) bond motifs is 1. The second kappa shape index (κ2) is 5.16. The van der Waals surface area contributed by atoms with Crippen molar-refractivity contribution >= 4 is 10.9 Å². The highest BCUT2D eigenvalue weighted by molar-refractivity contribution is 5.91. The maximum atomic E-state index is 10.4. The zero-order valence-corrected chi connectivity index (χ0v) is 14.8. The minimum absolute atomic E-state index is 0.0959. The van der Waals surface area contributed by atoms with Crippen LogP contribution in [0, 0.1) is 20.8 Å². The van der Waals surface area contributed by atoms with Crippen LogP contribution in [0.5, 0.6) is 5.75 Å². The van der Waals surface area contributed by atoms with Crippen molar-refractivity contribution in [3.63, 3.8) is 0 Å². The summed E-state index contributed by atoms with van der Waals surface area (Å²) < 4.78 is 0. The van der Waals surface area contributed by atoms with Crippen molar-refractivity contribution < 1.29 is 5.11 Å². The van der Waals surface area contributed by atoms with Gasteiger partial charge < -0.3 is 10.1 Å². The van der Waals surface area contributed by atoms with E-state index in [1.807, 2.05) is 6.92 Å². The fourth-order valence-electron chi connectivity index (χ4n) is 3.22. The highest BCUT2D eigenvalue weighted by atomic mass is 16.3. The van der Waals surface area contributed by atoms with Gasteiger partial charge in [-0.1, -0.05) is 32.4 Å². The van der Waals surface area contributed by atoms with Gasteiger partial charge in [0.15, 0.2) is 0 Å². The minimum atomic E-state index is -0.0959. The second-order valence-electron chi connectivity index (χ2n) is 7.61. The molecule has 0 amide bonds. The van der Waals surface area contributed by atoms with E-state index in [-0.39, 0.29) is 5.41 Å². The molecule has 2 heteroatoms. The van der Waals surface area contributed by atoms with Gasteiger partial charge in [0.1, 0.15) is 5.75 Å². The molecule has 120 valence electrons. The number of hydrogen-bond acceptors (Lipinski definition) is 1. The fraction of sp³-hybridized carbons (Fsp3) is 0.333. The van der Waals surface area contributed by atoms with Crippen LogP contribution >= 0.6 is 0 Å². The number of benzene rings is 2. The molecule has 2 aromatic carbocycles. The average Bonchev–Trinajstić information content (AvgIpc) is 2.77. The van der Waals surface area contributed by atoms with Crippen LogP contribution in [0.25, 0.3) is 22.2 Å². The Morgan fingerprint density at radius 3 is 2.30 bits per heavy atom. The number of nitrogens with one attached hydrogen (secondary N) is 1. The van der Waals surface area contributed by atoms with Crippen molar-refractivity contribution in [2.24, 2.45) is 0 Å². The topological polar surface area (TPSA) is 36.0 Å². The number of hydrogen-bond donors (Lipinski definition) is 2. The first-order valence-corrected chi connectivity index (χ1v) is 8.12. The molecule has 0 bridgehead atoms. The van der Waals surface area contributed by atoms with E-state index < -0.39 is 0 Å². The van der Waals surface area contributed by atoms with E-state index in [1.54, 1.807) is 0 Å². The van der Waals surface area contributed by atoms with Gasteiger partial charge >= 0.3 is 0 Å². The summed E-state index contributed by atoms with van der Waals surface area (Å²) in [6.45, 7) is 12.6. The number of phenolic OH excluding ortho intramolecular Hbond substituents is 1. The van der Waals surface area contributed by atoms with Gasteiger partial charge in [-0.25, -0.2) is 0 Å². The smallest absolute Gasteiger partial charge is 0.122 e. The molecule has 3 aromatic rings. The molecule has 0 saturated carbocycles. The number of H-pyrrole nitrogens is 1. The van der Waals surface area contributed by atoms with Crippen molar-refractivity contribution in [2.75, 3.05) is 0 Å². The Balaban J connectivity index is 2.27. The predicted molar refractivity (Wildman–Crippen MR) is 98.3 cm³/mol. The van der Waals surface area contributed by atoms with Crippen LogP contribution in [0.1, 0.15) is 43.0 Å². The normalized spacial score (nSPS) is 12.1. The SMILES string of the molecule is Cc1ccc2[nH]c(-c3cc(C)c(O)c(C(C)(C)C)c3)c(C)c2c1. The molecule has 23 heavy (non-hydrogen) atoms. The van der Waals surface area contributed by atoms with Crippen molar-refractivity contribution in [2.45, 2.75) is 47.0 Å². The lowest BCUT2D eigenvalue weighted by Gasteiger charge is -2.22. The molecule has 0 unspecified atom stereocenters. The Bertz CT molecular complexity index is 894. The van der Waals surface area contributed by atoms with Gasteiger partial charge in [-0.3, -0.25) is 0 Å². The van der Waals surface area contributed by atoms with E-state index >= 15 is 0 Å². The van der Waals surface area contributed by atoms with Crippen molar-refractivity contribution in [1.29, 1.82) is 0 Å². The molecule has 3 rings (SSSR count). The van der Waals surface area contributed by atoms with E-state index in [2.05, 4.69) is 69.9 Å². The van der Waals surface area contributed by atoms with E-state index in [4.69, 9.17) is 0 Å². The molecule has 1 aromatic heterocycles. The quantitative estimate of drug-likeness (QED) is 0.589. The number of aryl methyl sites for hydroxylation is 3. The van der Waals surface area contributed by atoms with Crippen LogP contribution in [-0.2, 0) is 5.41 Å². The minimum Gasteiger partial charge on any atom is -0.507 e.